The molecule has 3 N–H and O–H groups in total. The van der Waals surface area contributed by atoms with Gasteiger partial charge in [-0.1, -0.05) is 0 Å². The predicted molar refractivity (Wildman–Crippen MR) is 21.6 cm³/mol. The minimum absolute atomic E-state index is 0. The van der Waals surface area contributed by atoms with Crippen molar-refractivity contribution in [2.75, 3.05) is 0 Å². The normalized spacial score (nSPS) is 1.50. The van der Waals surface area contributed by atoms with Crippen molar-refractivity contribution in [2.45, 2.75) is 0 Å². The van der Waals surface area contributed by atoms with Gasteiger partial charge in [-0.05, 0) is 0 Å². The maximum Gasteiger partial charge on any atom is 0.187 e. The van der Waals surface area contributed by atoms with Crippen LogP contribution in [0.25, 0.3) is 0 Å². The molecule has 0 aliphatic heterocycles. The Kier molecular flexibility index (Phi) is 279. The van der Waals surface area contributed by atoms with Gasteiger partial charge in [0.1, 0.15) is 0 Å². The fraction of sp³-hybridized carbons (Fsp3) is 0. The Morgan fingerprint density at radius 3 is 1.25 bits per heavy atom. The Bertz CT molecular complexity index is 6.00. The summed E-state index contributed by atoms with van der Waals surface area (Å²) in [6.07, 6.45) is 0. The summed E-state index contributed by atoms with van der Waals surface area (Å²) < 4.78 is 6.47. The third kappa shape index (κ3) is 15.1. The van der Waals surface area contributed by atoms with E-state index in [1.54, 1.807) is 0 Å². The SMILES string of the molecule is O.OCl.[AlH3]. The Morgan fingerprint density at radius 2 is 1.25 bits per heavy atom. The molecule has 0 aliphatic carbocycles. The Morgan fingerprint density at radius 1 is 1.25 bits per heavy atom. The third-order valence-electron chi connectivity index (χ3n) is 0. The lowest BCUT2D eigenvalue weighted by Gasteiger charge is -1.13. The minimum atomic E-state index is 0. The second-order valence-corrected chi connectivity index (χ2v) is 0. The summed E-state index contributed by atoms with van der Waals surface area (Å²) in [5, 5.41) is 0. The lowest BCUT2D eigenvalue weighted by atomic mass is 15.9. The van der Waals surface area contributed by atoms with Crippen LogP contribution >= 0.6 is 11.9 Å². The van der Waals surface area contributed by atoms with Gasteiger partial charge in [-0.3, -0.25) is 4.66 Å². The Labute approximate surface area is 40.0 Å². The third-order valence-corrected chi connectivity index (χ3v) is 0. The molecule has 0 aromatic carbocycles. The topological polar surface area (TPSA) is 51.7 Å². The van der Waals surface area contributed by atoms with E-state index in [0.29, 0.717) is 0 Å². The van der Waals surface area contributed by atoms with Crippen molar-refractivity contribution in [1.29, 1.82) is 0 Å². The first kappa shape index (κ1) is 21.9. The molecule has 0 radical (unpaired) electrons. The van der Waals surface area contributed by atoms with E-state index in [0.717, 1.165) is 0 Å². The van der Waals surface area contributed by atoms with Gasteiger partial charge in [0.05, 0.1) is 11.9 Å². The van der Waals surface area contributed by atoms with Crippen LogP contribution in [0.3, 0.4) is 0 Å². The summed E-state index contributed by atoms with van der Waals surface area (Å²) in [7, 11) is 0. The molecule has 0 heterocycles. The van der Waals surface area contributed by atoms with Gasteiger partial charge in [-0.25, -0.2) is 0 Å². The fourth-order valence-corrected chi connectivity index (χ4v) is 0. The molecule has 0 aromatic heterocycles. The van der Waals surface area contributed by atoms with Crippen LogP contribution < -0.4 is 0 Å². The van der Waals surface area contributed by atoms with Gasteiger partial charge in [0.2, 0.25) is 0 Å². The molecule has 0 rings (SSSR count). The van der Waals surface area contributed by atoms with Gasteiger partial charge < -0.3 is 5.48 Å². The van der Waals surface area contributed by atoms with E-state index in [1.165, 1.54) is 0 Å². The summed E-state index contributed by atoms with van der Waals surface area (Å²) >= 11 is 3.64. The second kappa shape index (κ2) is 51.1. The van der Waals surface area contributed by atoms with Gasteiger partial charge in [0.25, 0.3) is 0 Å². The molecule has 0 saturated heterocycles. The van der Waals surface area contributed by atoms with E-state index in [9.17, 15) is 0 Å². The van der Waals surface area contributed by atoms with Gasteiger partial charge in [0, 0.05) is 0 Å². The summed E-state index contributed by atoms with van der Waals surface area (Å²) in [6, 6.07) is 0. The summed E-state index contributed by atoms with van der Waals surface area (Å²) in [5.41, 5.74) is 0. The van der Waals surface area contributed by atoms with Crippen LogP contribution in [0.15, 0.2) is 0 Å². The molecule has 4 heteroatoms. The monoisotopic (exact) mass is 100.0 g/mol. The molecular formula is H6AlClO2. The molecule has 0 amide bonds. The number of rotatable bonds is 0. The standard InChI is InChI=1S/Al.ClHO.H2O.3H/c;1-2;;;;/h;2H;1H2;;;. The van der Waals surface area contributed by atoms with Crippen molar-refractivity contribution < 1.29 is 10.1 Å². The molecular weight excluding hydrogens is 94.4 g/mol. The highest BCUT2D eigenvalue weighted by Gasteiger charge is 0.897. The van der Waals surface area contributed by atoms with Crippen LogP contribution in [-0.4, -0.2) is 27.5 Å². The summed E-state index contributed by atoms with van der Waals surface area (Å²) in [6.45, 7) is 0. The molecule has 0 atom stereocenters. The predicted octanol–water partition coefficient (Wildman–Crippen LogP) is -1.88. The first-order valence-electron chi connectivity index (χ1n) is 0.169. The minimum Gasteiger partial charge on any atom is -0.412 e. The molecule has 2 nitrogen and oxygen atoms in total. The molecule has 0 bridgehead atoms. The van der Waals surface area contributed by atoms with Crippen molar-refractivity contribution in [3.63, 3.8) is 0 Å². The van der Waals surface area contributed by atoms with Gasteiger partial charge in [0.15, 0.2) is 17.4 Å². The first-order chi connectivity index (χ1) is 1.00. The highest BCUT2D eigenvalue weighted by atomic mass is 35.5. The smallest absolute Gasteiger partial charge is 0.187 e. The van der Waals surface area contributed by atoms with Crippen molar-refractivity contribution in [3.05, 3.63) is 0 Å². The zero-order valence-electron chi connectivity index (χ0n) is 1.33. The highest BCUT2D eigenvalue weighted by molar-refractivity contribution is 6.04. The van der Waals surface area contributed by atoms with Crippen LogP contribution in [0.1, 0.15) is 0 Å². The van der Waals surface area contributed by atoms with E-state index in [4.69, 9.17) is 4.66 Å². The highest BCUT2D eigenvalue weighted by Crippen LogP contribution is 1.31. The summed E-state index contributed by atoms with van der Waals surface area (Å²) in [4.78, 5) is 0. The van der Waals surface area contributed by atoms with E-state index in [-0.39, 0.29) is 22.8 Å². The molecule has 0 spiro atoms. The quantitative estimate of drug-likeness (QED) is 0.356. The number of halogens is 1. The van der Waals surface area contributed by atoms with E-state index < -0.39 is 0 Å². The lowest BCUT2D eigenvalue weighted by Crippen LogP contribution is -0.913. The van der Waals surface area contributed by atoms with Crippen LogP contribution in [0.4, 0.5) is 0 Å². The maximum absolute atomic E-state index is 6.47. The zero-order chi connectivity index (χ0) is 2.00. The maximum atomic E-state index is 6.47. The molecule has 0 aromatic rings. The van der Waals surface area contributed by atoms with Crippen molar-refractivity contribution in [3.8, 4) is 0 Å². The van der Waals surface area contributed by atoms with Crippen LogP contribution in [-0.2, 0) is 0 Å². The van der Waals surface area contributed by atoms with Gasteiger partial charge in [-0.2, -0.15) is 0 Å². The van der Waals surface area contributed by atoms with Gasteiger partial charge >= 0.3 is 0 Å². The largest absolute Gasteiger partial charge is 0.412 e. The molecule has 0 unspecified atom stereocenters. The molecule has 0 saturated carbocycles. The van der Waals surface area contributed by atoms with Crippen LogP contribution in [0, 0.1) is 0 Å². The number of hydrogen-bond donors (Lipinski definition) is 1. The lowest BCUT2D eigenvalue weighted by molar-refractivity contribution is 0.632. The average Bonchev–Trinajstić information content (AvgIpc) is 1.00. The molecule has 4 heavy (non-hydrogen) atoms. The second-order valence-electron chi connectivity index (χ2n) is 0. The Balaban J connectivity index is -0.00000000500. The molecule has 28 valence electrons. The van der Waals surface area contributed by atoms with Gasteiger partial charge in [-0.15, -0.1) is 0 Å². The van der Waals surface area contributed by atoms with E-state index in [1.807, 2.05) is 0 Å². The number of hydrogen-bond acceptors (Lipinski definition) is 1. The summed E-state index contributed by atoms with van der Waals surface area (Å²) in [5.74, 6) is 0. The van der Waals surface area contributed by atoms with Crippen LogP contribution in [0.2, 0.25) is 0 Å². The van der Waals surface area contributed by atoms with Crippen molar-refractivity contribution >= 4 is 29.2 Å². The molecule has 0 aliphatic rings. The van der Waals surface area contributed by atoms with Crippen LogP contribution in [0.5, 0.6) is 0 Å². The fourth-order valence-electron chi connectivity index (χ4n) is 0. The van der Waals surface area contributed by atoms with Crippen molar-refractivity contribution in [2.24, 2.45) is 0 Å². The molecule has 0 fully saturated rings. The van der Waals surface area contributed by atoms with E-state index in [2.05, 4.69) is 11.9 Å². The average molecular weight is 100 g/mol. The zero-order valence-corrected chi connectivity index (χ0v) is 2.08. The Hall–Kier alpha value is 0.742. The van der Waals surface area contributed by atoms with E-state index >= 15 is 0 Å². The van der Waals surface area contributed by atoms with Crippen molar-refractivity contribution in [1.82, 2.24) is 0 Å². The first-order valence-corrected chi connectivity index (χ1v) is 0.507.